The second-order valence-corrected chi connectivity index (χ2v) is 6.55. The predicted octanol–water partition coefficient (Wildman–Crippen LogP) is 2.75. The third-order valence-electron chi connectivity index (χ3n) is 4.60. The van der Waals surface area contributed by atoms with Crippen LogP contribution in [0.15, 0.2) is 30.3 Å². The molecule has 0 saturated carbocycles. The highest BCUT2D eigenvalue weighted by Gasteiger charge is 2.40. The molecule has 130 valence electrons. The zero-order chi connectivity index (χ0) is 17.0. The number of aliphatic hydroxyl groups excluding tert-OH is 1. The molecule has 1 aromatic carbocycles. The zero-order valence-corrected chi connectivity index (χ0v) is 13.6. The van der Waals surface area contributed by atoms with Crippen LogP contribution in [-0.2, 0) is 6.54 Å². The Hall–Kier alpha value is -1.11. The molecule has 1 heterocycles. The van der Waals surface area contributed by atoms with E-state index in [-0.39, 0.29) is 18.5 Å². The lowest BCUT2D eigenvalue weighted by molar-refractivity contribution is -0.209. The molecular weight excluding hydrogens is 305 g/mol. The van der Waals surface area contributed by atoms with Gasteiger partial charge in [0.25, 0.3) is 0 Å². The summed E-state index contributed by atoms with van der Waals surface area (Å²) in [6.07, 6.45) is -6.01. The predicted molar refractivity (Wildman–Crippen MR) is 84.0 cm³/mol. The van der Waals surface area contributed by atoms with Gasteiger partial charge in [0.2, 0.25) is 0 Å². The Morgan fingerprint density at radius 1 is 1.30 bits per heavy atom. The SMILES string of the molecule is C[C@@H]1CN(Cc2ccccc2)CC[C@@H]1N(C)C[C@H](O)C(F)(F)F. The molecule has 0 spiro atoms. The highest BCUT2D eigenvalue weighted by Crippen LogP contribution is 2.25. The average Bonchev–Trinajstić information content (AvgIpc) is 2.47. The molecule has 0 aromatic heterocycles. The highest BCUT2D eigenvalue weighted by molar-refractivity contribution is 5.14. The van der Waals surface area contributed by atoms with Gasteiger partial charge in [0.1, 0.15) is 0 Å². The Bertz CT molecular complexity index is 480. The summed E-state index contributed by atoms with van der Waals surface area (Å²) in [5.41, 5.74) is 1.25. The number of nitrogens with zero attached hydrogens (tertiary/aromatic N) is 2. The molecule has 0 unspecified atom stereocenters. The van der Waals surface area contributed by atoms with Crippen LogP contribution >= 0.6 is 0 Å². The minimum absolute atomic E-state index is 0.0685. The fourth-order valence-corrected chi connectivity index (χ4v) is 3.37. The first-order chi connectivity index (χ1) is 10.8. The largest absolute Gasteiger partial charge is 0.415 e. The van der Waals surface area contributed by atoms with Crippen molar-refractivity contribution in [2.45, 2.75) is 38.2 Å². The van der Waals surface area contributed by atoms with Crippen LogP contribution < -0.4 is 0 Å². The molecule has 3 atom stereocenters. The van der Waals surface area contributed by atoms with Crippen LogP contribution in [0.4, 0.5) is 13.2 Å². The molecule has 1 aromatic rings. The summed E-state index contributed by atoms with van der Waals surface area (Å²) in [7, 11) is 1.67. The van der Waals surface area contributed by atoms with Crippen LogP contribution in [0.3, 0.4) is 0 Å². The molecule has 1 aliphatic heterocycles. The molecule has 6 heteroatoms. The summed E-state index contributed by atoms with van der Waals surface area (Å²) in [4.78, 5) is 3.99. The Morgan fingerprint density at radius 2 is 1.96 bits per heavy atom. The van der Waals surface area contributed by atoms with Gasteiger partial charge < -0.3 is 10.0 Å². The van der Waals surface area contributed by atoms with Crippen molar-refractivity contribution in [3.05, 3.63) is 35.9 Å². The maximum atomic E-state index is 12.5. The lowest BCUT2D eigenvalue weighted by Crippen LogP contribution is -2.51. The molecule has 1 saturated heterocycles. The van der Waals surface area contributed by atoms with Crippen molar-refractivity contribution < 1.29 is 18.3 Å². The van der Waals surface area contributed by atoms with Crippen molar-refractivity contribution >= 4 is 0 Å². The number of aliphatic hydroxyl groups is 1. The first-order valence-electron chi connectivity index (χ1n) is 7.98. The van der Waals surface area contributed by atoms with Gasteiger partial charge in [-0.1, -0.05) is 37.3 Å². The van der Waals surface area contributed by atoms with Crippen molar-refractivity contribution in [3.63, 3.8) is 0 Å². The first kappa shape index (κ1) is 18.2. The number of alkyl halides is 3. The van der Waals surface area contributed by atoms with E-state index < -0.39 is 12.3 Å². The summed E-state index contributed by atoms with van der Waals surface area (Å²) >= 11 is 0. The monoisotopic (exact) mass is 330 g/mol. The van der Waals surface area contributed by atoms with Crippen LogP contribution in [-0.4, -0.2) is 59.9 Å². The zero-order valence-electron chi connectivity index (χ0n) is 13.6. The third-order valence-corrected chi connectivity index (χ3v) is 4.60. The van der Waals surface area contributed by atoms with Crippen molar-refractivity contribution in [2.24, 2.45) is 5.92 Å². The van der Waals surface area contributed by atoms with E-state index in [9.17, 15) is 18.3 Å². The fraction of sp³-hybridized carbons (Fsp3) is 0.647. The number of halogens is 3. The van der Waals surface area contributed by atoms with Gasteiger partial charge in [0.05, 0.1) is 0 Å². The lowest BCUT2D eigenvalue weighted by atomic mass is 9.92. The van der Waals surface area contributed by atoms with E-state index in [1.807, 2.05) is 18.2 Å². The van der Waals surface area contributed by atoms with Crippen LogP contribution in [0.5, 0.6) is 0 Å². The van der Waals surface area contributed by atoms with Gasteiger partial charge in [-0.15, -0.1) is 0 Å². The van der Waals surface area contributed by atoms with Crippen LogP contribution in [0.25, 0.3) is 0 Å². The second-order valence-electron chi connectivity index (χ2n) is 6.55. The minimum atomic E-state index is -4.55. The van der Waals surface area contributed by atoms with Gasteiger partial charge in [0, 0.05) is 25.7 Å². The Kier molecular flexibility index (Phi) is 6.06. The average molecular weight is 330 g/mol. The second kappa shape index (κ2) is 7.64. The van der Waals surface area contributed by atoms with Gasteiger partial charge in [-0.25, -0.2) is 0 Å². The molecule has 1 N–H and O–H groups in total. The normalized spacial score (nSPS) is 24.8. The van der Waals surface area contributed by atoms with Crippen molar-refractivity contribution in [3.8, 4) is 0 Å². The lowest BCUT2D eigenvalue weighted by Gasteiger charge is -2.42. The Labute approximate surface area is 135 Å². The van der Waals surface area contributed by atoms with E-state index in [0.717, 1.165) is 26.1 Å². The Balaban J connectivity index is 1.86. The number of benzene rings is 1. The number of likely N-dealkylation sites (N-methyl/N-ethyl adjacent to an activating group) is 1. The van der Waals surface area contributed by atoms with Crippen LogP contribution in [0, 0.1) is 5.92 Å². The van der Waals surface area contributed by atoms with Gasteiger partial charge in [-0.2, -0.15) is 13.2 Å². The number of hydrogen-bond donors (Lipinski definition) is 1. The summed E-state index contributed by atoms with van der Waals surface area (Å²) in [6, 6.07) is 10.2. The molecule has 1 fully saturated rings. The quantitative estimate of drug-likeness (QED) is 0.899. The first-order valence-corrected chi connectivity index (χ1v) is 7.98. The molecule has 0 aliphatic carbocycles. The van der Waals surface area contributed by atoms with Gasteiger partial charge in [0.15, 0.2) is 6.10 Å². The van der Waals surface area contributed by atoms with E-state index in [1.54, 1.807) is 11.9 Å². The standard InChI is InChI=1S/C17H25F3N2O/c1-13-10-22(11-14-6-4-3-5-7-14)9-8-15(13)21(2)12-16(23)17(18,19)20/h3-7,13,15-16,23H,8-12H2,1-2H3/t13-,15+,16+/m1/s1. The molecule has 0 radical (unpaired) electrons. The van der Waals surface area contributed by atoms with Crippen LogP contribution in [0.2, 0.25) is 0 Å². The van der Waals surface area contributed by atoms with Crippen molar-refractivity contribution in [1.82, 2.24) is 9.80 Å². The Morgan fingerprint density at radius 3 is 2.52 bits per heavy atom. The molecule has 0 amide bonds. The molecule has 2 rings (SSSR count). The molecule has 0 bridgehead atoms. The van der Waals surface area contributed by atoms with Crippen molar-refractivity contribution in [1.29, 1.82) is 0 Å². The maximum Gasteiger partial charge on any atom is 0.415 e. The van der Waals surface area contributed by atoms with E-state index in [0.29, 0.717) is 0 Å². The smallest absolute Gasteiger partial charge is 0.382 e. The summed E-state index contributed by atoms with van der Waals surface area (Å²) < 4.78 is 37.5. The molecule has 3 nitrogen and oxygen atoms in total. The summed E-state index contributed by atoms with van der Waals surface area (Å²) in [5.74, 6) is 0.262. The highest BCUT2D eigenvalue weighted by atomic mass is 19.4. The summed E-state index contributed by atoms with van der Waals surface area (Å²) in [5, 5.41) is 9.24. The van der Waals surface area contributed by atoms with E-state index >= 15 is 0 Å². The molecule has 1 aliphatic rings. The number of rotatable bonds is 5. The van der Waals surface area contributed by atoms with E-state index in [2.05, 4.69) is 24.0 Å². The number of likely N-dealkylation sites (tertiary alicyclic amines) is 1. The fourth-order valence-electron chi connectivity index (χ4n) is 3.37. The van der Waals surface area contributed by atoms with Gasteiger partial charge >= 0.3 is 6.18 Å². The van der Waals surface area contributed by atoms with Gasteiger partial charge in [-0.05, 0) is 31.5 Å². The van der Waals surface area contributed by atoms with Crippen LogP contribution in [0.1, 0.15) is 18.9 Å². The topological polar surface area (TPSA) is 26.7 Å². The summed E-state index contributed by atoms with van der Waals surface area (Å²) in [6.45, 7) is 4.28. The van der Waals surface area contributed by atoms with E-state index in [1.165, 1.54) is 5.56 Å². The number of piperidine rings is 1. The van der Waals surface area contributed by atoms with Crippen molar-refractivity contribution in [2.75, 3.05) is 26.7 Å². The minimum Gasteiger partial charge on any atom is -0.382 e. The molecule has 23 heavy (non-hydrogen) atoms. The molecular formula is C17H25F3N2O. The third kappa shape index (κ3) is 5.19. The van der Waals surface area contributed by atoms with E-state index in [4.69, 9.17) is 0 Å². The van der Waals surface area contributed by atoms with Gasteiger partial charge in [-0.3, -0.25) is 4.90 Å². The maximum absolute atomic E-state index is 12.5. The number of hydrogen-bond acceptors (Lipinski definition) is 3.